The van der Waals surface area contributed by atoms with Crippen LogP contribution in [0.2, 0.25) is 0 Å². The molecule has 0 saturated carbocycles. The molecule has 0 spiro atoms. The Labute approximate surface area is 111 Å². The fourth-order valence-electron chi connectivity index (χ4n) is 2.70. The molecule has 2 unspecified atom stereocenters. The summed E-state index contributed by atoms with van der Waals surface area (Å²) in [5.41, 5.74) is 0. The Morgan fingerprint density at radius 2 is 1.32 bits per heavy atom. The summed E-state index contributed by atoms with van der Waals surface area (Å²) >= 11 is 0. The van der Waals surface area contributed by atoms with Crippen LogP contribution in [-0.2, 0) is 9.47 Å². The molecule has 2 heterocycles. The molecule has 19 heavy (non-hydrogen) atoms. The summed E-state index contributed by atoms with van der Waals surface area (Å²) in [6.45, 7) is 3.20. The first-order valence-electron chi connectivity index (χ1n) is 6.54. The van der Waals surface area contributed by atoms with Gasteiger partial charge in [-0.1, -0.05) is 0 Å². The molecule has 2 rings (SSSR count). The molecule has 0 aliphatic carbocycles. The third kappa shape index (κ3) is 2.78. The van der Waals surface area contributed by atoms with Crippen molar-refractivity contribution >= 4 is 0 Å². The monoisotopic (exact) mass is 278 g/mol. The highest BCUT2D eigenvalue weighted by Crippen LogP contribution is 2.30. The Kier molecular flexibility index (Phi) is 4.46. The standard InChI is InChI=1S/C12H22O7/c1-4-8(14)6(13)3-7(18-4)12-11(17)10(16)9(15)5(2)19-12/h4-17H,3H2,1-2H3/t4-,5-,6+,7?,8-,9-,10+,11+,12?/m1/s1. The average molecular weight is 278 g/mol. The van der Waals surface area contributed by atoms with Gasteiger partial charge in [-0.05, 0) is 13.8 Å². The molecule has 0 bridgehead atoms. The summed E-state index contributed by atoms with van der Waals surface area (Å²) in [7, 11) is 0. The number of ether oxygens (including phenoxy) is 2. The molecule has 0 aromatic heterocycles. The van der Waals surface area contributed by atoms with E-state index in [2.05, 4.69) is 0 Å². The van der Waals surface area contributed by atoms with E-state index in [-0.39, 0.29) is 6.42 Å². The predicted octanol–water partition coefficient (Wildman–Crippen LogP) is -2.24. The summed E-state index contributed by atoms with van der Waals surface area (Å²) in [6.07, 6.45) is -8.37. The summed E-state index contributed by atoms with van der Waals surface area (Å²) < 4.78 is 11.0. The maximum atomic E-state index is 9.96. The molecule has 112 valence electrons. The van der Waals surface area contributed by atoms with E-state index in [1.165, 1.54) is 0 Å². The van der Waals surface area contributed by atoms with Crippen LogP contribution >= 0.6 is 0 Å². The molecule has 7 nitrogen and oxygen atoms in total. The molecule has 9 atom stereocenters. The van der Waals surface area contributed by atoms with E-state index in [1.54, 1.807) is 13.8 Å². The zero-order valence-corrected chi connectivity index (χ0v) is 11.0. The maximum absolute atomic E-state index is 9.96. The second-order valence-electron chi connectivity index (χ2n) is 5.45. The number of aliphatic hydroxyl groups excluding tert-OH is 5. The molecule has 0 aromatic carbocycles. The van der Waals surface area contributed by atoms with Crippen LogP contribution in [0.15, 0.2) is 0 Å². The van der Waals surface area contributed by atoms with Crippen LogP contribution in [0.25, 0.3) is 0 Å². The van der Waals surface area contributed by atoms with Gasteiger partial charge in [0.2, 0.25) is 0 Å². The fraction of sp³-hybridized carbons (Fsp3) is 1.00. The zero-order chi connectivity index (χ0) is 14.3. The van der Waals surface area contributed by atoms with Crippen LogP contribution < -0.4 is 0 Å². The van der Waals surface area contributed by atoms with Crippen molar-refractivity contribution in [2.45, 2.75) is 75.2 Å². The number of rotatable bonds is 1. The van der Waals surface area contributed by atoms with Gasteiger partial charge in [0.05, 0.1) is 24.4 Å². The van der Waals surface area contributed by atoms with Gasteiger partial charge in [-0.3, -0.25) is 0 Å². The van der Waals surface area contributed by atoms with Gasteiger partial charge in [0.25, 0.3) is 0 Å². The molecule has 0 amide bonds. The van der Waals surface area contributed by atoms with Gasteiger partial charge in [-0.15, -0.1) is 0 Å². The fourth-order valence-corrected chi connectivity index (χ4v) is 2.70. The van der Waals surface area contributed by atoms with Crippen LogP contribution in [0.4, 0.5) is 0 Å². The van der Waals surface area contributed by atoms with Crippen molar-refractivity contribution in [3.63, 3.8) is 0 Å². The maximum Gasteiger partial charge on any atom is 0.113 e. The lowest BCUT2D eigenvalue weighted by Crippen LogP contribution is -2.62. The molecule has 2 fully saturated rings. The lowest BCUT2D eigenvalue weighted by molar-refractivity contribution is -0.268. The Balaban J connectivity index is 2.09. The molecule has 0 aromatic rings. The molecule has 2 aliphatic heterocycles. The smallest absolute Gasteiger partial charge is 0.113 e. The van der Waals surface area contributed by atoms with Gasteiger partial charge < -0.3 is 35.0 Å². The molecule has 2 saturated heterocycles. The first-order chi connectivity index (χ1) is 8.82. The summed E-state index contributed by atoms with van der Waals surface area (Å²) in [5.74, 6) is 0. The van der Waals surface area contributed by atoms with Gasteiger partial charge in [0, 0.05) is 6.42 Å². The molecular formula is C12H22O7. The second kappa shape index (κ2) is 5.61. The molecule has 5 N–H and O–H groups in total. The Hall–Kier alpha value is -0.280. The predicted molar refractivity (Wildman–Crippen MR) is 63.3 cm³/mol. The second-order valence-corrected chi connectivity index (χ2v) is 5.45. The van der Waals surface area contributed by atoms with Crippen LogP contribution in [0.1, 0.15) is 20.3 Å². The molecular weight excluding hydrogens is 256 g/mol. The zero-order valence-electron chi connectivity index (χ0n) is 11.0. The summed E-state index contributed by atoms with van der Waals surface area (Å²) in [5, 5.41) is 48.7. The van der Waals surface area contributed by atoms with E-state index in [9.17, 15) is 25.5 Å². The Bertz CT molecular complexity index is 300. The highest BCUT2D eigenvalue weighted by atomic mass is 16.6. The number of hydrogen-bond acceptors (Lipinski definition) is 7. The largest absolute Gasteiger partial charge is 0.390 e. The Morgan fingerprint density at radius 1 is 0.737 bits per heavy atom. The Morgan fingerprint density at radius 3 is 1.89 bits per heavy atom. The van der Waals surface area contributed by atoms with Crippen molar-refractivity contribution in [2.24, 2.45) is 0 Å². The van der Waals surface area contributed by atoms with Gasteiger partial charge in [0.1, 0.15) is 30.5 Å². The van der Waals surface area contributed by atoms with Crippen molar-refractivity contribution in [1.29, 1.82) is 0 Å². The van der Waals surface area contributed by atoms with Crippen LogP contribution in [0, 0.1) is 0 Å². The van der Waals surface area contributed by atoms with Gasteiger partial charge in [-0.2, -0.15) is 0 Å². The van der Waals surface area contributed by atoms with E-state index in [0.717, 1.165) is 0 Å². The van der Waals surface area contributed by atoms with Gasteiger partial charge in [-0.25, -0.2) is 0 Å². The van der Waals surface area contributed by atoms with Crippen molar-refractivity contribution in [2.75, 3.05) is 0 Å². The van der Waals surface area contributed by atoms with Crippen molar-refractivity contribution in [3.8, 4) is 0 Å². The van der Waals surface area contributed by atoms with E-state index in [1.807, 2.05) is 0 Å². The summed E-state index contributed by atoms with van der Waals surface area (Å²) in [6, 6.07) is 0. The van der Waals surface area contributed by atoms with Crippen LogP contribution in [0.5, 0.6) is 0 Å². The normalized spacial score (nSPS) is 56.1. The highest BCUT2D eigenvalue weighted by molar-refractivity contribution is 4.97. The SMILES string of the molecule is C[C@H]1OC(C2C[C@H](O)[C@H](O)[C@@H](C)O2)[C@@H](O)[C@@H](O)[C@@H]1O. The number of aliphatic hydroxyl groups is 5. The summed E-state index contributed by atoms with van der Waals surface area (Å²) in [4.78, 5) is 0. The average Bonchev–Trinajstić information content (AvgIpc) is 2.37. The first-order valence-corrected chi connectivity index (χ1v) is 6.54. The van der Waals surface area contributed by atoms with E-state index in [4.69, 9.17) is 9.47 Å². The highest BCUT2D eigenvalue weighted by Gasteiger charge is 2.48. The van der Waals surface area contributed by atoms with Crippen LogP contribution in [-0.4, -0.2) is 80.5 Å². The quantitative estimate of drug-likeness (QED) is 0.368. The third-order valence-electron chi connectivity index (χ3n) is 3.99. The lowest BCUT2D eigenvalue weighted by Gasteiger charge is -2.45. The lowest BCUT2D eigenvalue weighted by atomic mass is 9.88. The first kappa shape index (κ1) is 15.1. The van der Waals surface area contributed by atoms with E-state index < -0.39 is 54.9 Å². The van der Waals surface area contributed by atoms with Gasteiger partial charge >= 0.3 is 0 Å². The van der Waals surface area contributed by atoms with Crippen molar-refractivity contribution in [3.05, 3.63) is 0 Å². The molecule has 2 aliphatic rings. The number of hydrogen-bond donors (Lipinski definition) is 5. The topological polar surface area (TPSA) is 120 Å². The molecule has 7 heteroatoms. The van der Waals surface area contributed by atoms with E-state index >= 15 is 0 Å². The van der Waals surface area contributed by atoms with Crippen molar-refractivity contribution < 1.29 is 35.0 Å². The minimum absolute atomic E-state index is 0.1000. The van der Waals surface area contributed by atoms with Gasteiger partial charge in [0.15, 0.2) is 0 Å². The van der Waals surface area contributed by atoms with Crippen LogP contribution in [0.3, 0.4) is 0 Å². The molecule has 0 radical (unpaired) electrons. The third-order valence-corrected chi connectivity index (χ3v) is 3.99. The van der Waals surface area contributed by atoms with E-state index in [0.29, 0.717) is 0 Å². The van der Waals surface area contributed by atoms with Crippen molar-refractivity contribution in [1.82, 2.24) is 0 Å². The minimum Gasteiger partial charge on any atom is -0.390 e. The minimum atomic E-state index is -1.32.